The fraction of sp³-hybridized carbons (Fsp3) is 0.571. The smallest absolute Gasteiger partial charge is 0.288 e. The van der Waals surface area contributed by atoms with Gasteiger partial charge in [-0.05, 0) is 50.9 Å². The number of hydrogen-bond donors (Lipinski definition) is 1. The highest BCUT2D eigenvalue weighted by Gasteiger charge is 2.40. The summed E-state index contributed by atoms with van der Waals surface area (Å²) in [5, 5.41) is 1.43. The Balaban J connectivity index is 2.32. The minimum atomic E-state index is -4.85. The predicted molar refractivity (Wildman–Crippen MR) is 73.7 cm³/mol. The zero-order valence-electron chi connectivity index (χ0n) is 12.3. The van der Waals surface area contributed by atoms with Crippen molar-refractivity contribution in [1.29, 1.82) is 0 Å². The molecule has 0 bridgehead atoms. The van der Waals surface area contributed by atoms with Gasteiger partial charge < -0.3 is 0 Å². The van der Waals surface area contributed by atoms with Gasteiger partial charge in [0.1, 0.15) is 5.82 Å². The molecule has 1 aliphatic rings. The van der Waals surface area contributed by atoms with Crippen molar-refractivity contribution < 1.29 is 30.4 Å². The van der Waals surface area contributed by atoms with E-state index in [4.69, 9.17) is 0 Å². The zero-order valence-corrected chi connectivity index (χ0v) is 13.1. The second kappa shape index (κ2) is 6.01. The standard InChI is InChI=1S/C14H16F5NO2S/c1-20-13(16)4-2-11(3-5-13)23(21,22)12-7-9(14(17,18)19)6-10(15)8-12/h6-8,11,20H,2-5H2,1H3. The number of sulfone groups is 1. The van der Waals surface area contributed by atoms with Crippen LogP contribution in [0.1, 0.15) is 31.2 Å². The summed E-state index contributed by atoms with van der Waals surface area (Å²) >= 11 is 0. The van der Waals surface area contributed by atoms with E-state index in [0.29, 0.717) is 12.1 Å². The second-order valence-corrected chi connectivity index (χ2v) is 7.86. The van der Waals surface area contributed by atoms with Gasteiger partial charge in [0.2, 0.25) is 0 Å². The Labute approximate surface area is 130 Å². The van der Waals surface area contributed by atoms with Crippen molar-refractivity contribution in [3.63, 3.8) is 0 Å². The van der Waals surface area contributed by atoms with Crippen LogP contribution in [0.15, 0.2) is 23.1 Å². The Morgan fingerprint density at radius 1 is 1.17 bits per heavy atom. The molecule has 0 radical (unpaired) electrons. The third-order valence-electron chi connectivity index (χ3n) is 4.14. The van der Waals surface area contributed by atoms with E-state index in [1.54, 1.807) is 0 Å². The number of halogens is 5. The van der Waals surface area contributed by atoms with Crippen LogP contribution in [-0.4, -0.2) is 26.5 Å². The van der Waals surface area contributed by atoms with Crippen LogP contribution in [0.2, 0.25) is 0 Å². The lowest BCUT2D eigenvalue weighted by atomic mass is 9.93. The second-order valence-electron chi connectivity index (χ2n) is 5.63. The minimum Gasteiger partial charge on any atom is -0.288 e. The molecule has 0 saturated heterocycles. The van der Waals surface area contributed by atoms with Crippen LogP contribution >= 0.6 is 0 Å². The van der Waals surface area contributed by atoms with Crippen molar-refractivity contribution in [3.8, 4) is 0 Å². The largest absolute Gasteiger partial charge is 0.416 e. The van der Waals surface area contributed by atoms with Crippen molar-refractivity contribution in [1.82, 2.24) is 5.32 Å². The normalized spacial score (nSPS) is 26.3. The summed E-state index contributed by atoms with van der Waals surface area (Å²) in [7, 11) is -2.75. The predicted octanol–water partition coefficient (Wildman–Crippen LogP) is 3.45. The molecular formula is C14H16F5NO2S. The summed E-state index contributed by atoms with van der Waals surface area (Å²) in [6, 6.07) is 1.24. The number of rotatable bonds is 3. The van der Waals surface area contributed by atoms with E-state index < -0.39 is 43.3 Å². The quantitative estimate of drug-likeness (QED) is 0.666. The molecule has 0 amide bonds. The highest BCUT2D eigenvalue weighted by Crippen LogP contribution is 2.37. The van der Waals surface area contributed by atoms with Crippen molar-refractivity contribution in [3.05, 3.63) is 29.6 Å². The number of benzene rings is 1. The monoisotopic (exact) mass is 357 g/mol. The van der Waals surface area contributed by atoms with Gasteiger partial charge in [-0.3, -0.25) is 5.32 Å². The van der Waals surface area contributed by atoms with E-state index in [0.717, 1.165) is 0 Å². The van der Waals surface area contributed by atoms with Gasteiger partial charge in [0, 0.05) is 0 Å². The maximum Gasteiger partial charge on any atom is 0.416 e. The summed E-state index contributed by atoms with van der Waals surface area (Å²) in [4.78, 5) is -0.717. The molecule has 0 atom stereocenters. The topological polar surface area (TPSA) is 46.2 Å². The Morgan fingerprint density at radius 3 is 2.22 bits per heavy atom. The molecule has 1 aromatic rings. The van der Waals surface area contributed by atoms with E-state index >= 15 is 0 Å². The fourth-order valence-corrected chi connectivity index (χ4v) is 4.50. The molecule has 0 aliphatic heterocycles. The first-order valence-electron chi connectivity index (χ1n) is 6.97. The van der Waals surface area contributed by atoms with Crippen LogP contribution < -0.4 is 5.32 Å². The van der Waals surface area contributed by atoms with Crippen LogP contribution in [-0.2, 0) is 16.0 Å². The lowest BCUT2D eigenvalue weighted by Gasteiger charge is -2.33. The molecule has 1 saturated carbocycles. The lowest BCUT2D eigenvalue weighted by Crippen LogP contribution is -2.44. The molecule has 1 fully saturated rings. The molecule has 23 heavy (non-hydrogen) atoms. The van der Waals surface area contributed by atoms with Gasteiger partial charge in [0.25, 0.3) is 0 Å². The van der Waals surface area contributed by atoms with Crippen LogP contribution in [0.4, 0.5) is 22.0 Å². The first-order valence-corrected chi connectivity index (χ1v) is 8.52. The minimum absolute atomic E-state index is 0.0441. The average Bonchev–Trinajstić information content (AvgIpc) is 2.46. The zero-order chi connectivity index (χ0) is 17.5. The third-order valence-corrected chi connectivity index (χ3v) is 6.38. The van der Waals surface area contributed by atoms with Gasteiger partial charge in [0.15, 0.2) is 15.6 Å². The van der Waals surface area contributed by atoms with E-state index in [2.05, 4.69) is 5.32 Å². The molecule has 130 valence electrons. The van der Waals surface area contributed by atoms with Crippen LogP contribution in [0.5, 0.6) is 0 Å². The number of alkyl halides is 4. The van der Waals surface area contributed by atoms with Crippen molar-refractivity contribution in [2.24, 2.45) is 0 Å². The van der Waals surface area contributed by atoms with Gasteiger partial charge in [0.05, 0.1) is 15.7 Å². The highest BCUT2D eigenvalue weighted by atomic mass is 32.2. The maximum absolute atomic E-state index is 14.0. The molecule has 3 nitrogen and oxygen atoms in total. The molecule has 0 heterocycles. The fourth-order valence-electron chi connectivity index (χ4n) is 2.69. The Bertz CT molecular complexity index is 679. The van der Waals surface area contributed by atoms with Crippen molar-refractivity contribution >= 4 is 9.84 Å². The summed E-state index contributed by atoms with van der Waals surface area (Å²) in [6.07, 6.45) is -5.09. The summed E-state index contributed by atoms with van der Waals surface area (Å²) in [5.74, 6) is -2.95. The van der Waals surface area contributed by atoms with Gasteiger partial charge in [-0.25, -0.2) is 17.2 Å². The van der Waals surface area contributed by atoms with Crippen molar-refractivity contribution in [2.45, 2.75) is 47.8 Å². The Morgan fingerprint density at radius 2 is 1.74 bits per heavy atom. The summed E-state index contributed by atoms with van der Waals surface area (Å²) in [6.45, 7) is 0. The molecule has 0 aromatic heterocycles. The SMILES string of the molecule is CNC1(F)CCC(S(=O)(=O)c2cc(F)cc(C(F)(F)F)c2)CC1. The Hall–Kier alpha value is -1.22. The van der Waals surface area contributed by atoms with E-state index in [1.807, 2.05) is 0 Å². The lowest BCUT2D eigenvalue weighted by molar-refractivity contribution is -0.137. The first kappa shape index (κ1) is 18.1. The molecule has 1 N–H and O–H groups in total. The summed E-state index contributed by atoms with van der Waals surface area (Å²) < 4.78 is 90.4. The first-order chi connectivity index (χ1) is 10.5. The average molecular weight is 357 g/mol. The van der Waals surface area contributed by atoms with Gasteiger partial charge in [-0.1, -0.05) is 0 Å². The van der Waals surface area contributed by atoms with Crippen LogP contribution in [0.25, 0.3) is 0 Å². The van der Waals surface area contributed by atoms with E-state index in [-0.39, 0.29) is 31.7 Å². The third kappa shape index (κ3) is 3.82. The maximum atomic E-state index is 14.0. The molecule has 0 spiro atoms. The molecule has 1 aliphatic carbocycles. The molecule has 2 rings (SSSR count). The van der Waals surface area contributed by atoms with Crippen LogP contribution in [0.3, 0.4) is 0 Å². The molecule has 0 unspecified atom stereocenters. The van der Waals surface area contributed by atoms with E-state index in [9.17, 15) is 30.4 Å². The van der Waals surface area contributed by atoms with Crippen LogP contribution in [0, 0.1) is 5.82 Å². The number of nitrogens with one attached hydrogen (secondary N) is 1. The Kier molecular flexibility index (Phi) is 4.74. The van der Waals surface area contributed by atoms with Gasteiger partial charge >= 0.3 is 6.18 Å². The highest BCUT2D eigenvalue weighted by molar-refractivity contribution is 7.92. The van der Waals surface area contributed by atoms with E-state index in [1.165, 1.54) is 7.05 Å². The van der Waals surface area contributed by atoms with Gasteiger partial charge in [-0.15, -0.1) is 0 Å². The molecule has 1 aromatic carbocycles. The van der Waals surface area contributed by atoms with Gasteiger partial charge in [-0.2, -0.15) is 13.2 Å². The number of hydrogen-bond acceptors (Lipinski definition) is 3. The molecular weight excluding hydrogens is 341 g/mol. The summed E-state index contributed by atoms with van der Waals surface area (Å²) in [5.41, 5.74) is -1.36. The van der Waals surface area contributed by atoms with Crippen molar-refractivity contribution in [2.75, 3.05) is 7.05 Å². The molecule has 9 heteroatoms.